The average Bonchev–Trinajstić information content (AvgIpc) is 2.80. The highest BCUT2D eigenvalue weighted by molar-refractivity contribution is 8.00. The van der Waals surface area contributed by atoms with Gasteiger partial charge in [-0.3, -0.25) is 9.36 Å². The fourth-order valence-electron chi connectivity index (χ4n) is 2.59. The molecule has 2 aromatic heterocycles. The Morgan fingerprint density at radius 2 is 2.25 bits per heavy atom. The third-order valence-electron chi connectivity index (χ3n) is 4.11. The standard InChI is InChI=1S/C14H18N2OS3/c1-5-14(2)6-8-9(7-19-14)20-11-10(8)12(17)16(3)13(15-11)18-4/h5-7H2,1-4H3. The molecule has 3 heterocycles. The molecule has 0 spiro atoms. The second-order valence-corrected chi connectivity index (χ2v) is 8.84. The summed E-state index contributed by atoms with van der Waals surface area (Å²) in [6, 6.07) is 0. The minimum Gasteiger partial charge on any atom is -0.290 e. The number of hydrogen-bond acceptors (Lipinski definition) is 5. The first-order valence-corrected chi connectivity index (χ1v) is 9.71. The van der Waals surface area contributed by atoms with Crippen molar-refractivity contribution in [3.63, 3.8) is 0 Å². The van der Waals surface area contributed by atoms with E-state index in [0.29, 0.717) is 0 Å². The Bertz CT molecular complexity index is 734. The Morgan fingerprint density at radius 3 is 2.90 bits per heavy atom. The van der Waals surface area contributed by atoms with Crippen LogP contribution in [0.25, 0.3) is 10.2 Å². The quantitative estimate of drug-likeness (QED) is 0.623. The van der Waals surface area contributed by atoms with Crippen LogP contribution in [0.2, 0.25) is 0 Å². The van der Waals surface area contributed by atoms with E-state index in [9.17, 15) is 4.79 Å². The fraction of sp³-hybridized carbons (Fsp3) is 0.571. The van der Waals surface area contributed by atoms with E-state index in [1.807, 2.05) is 25.1 Å². The Labute approximate surface area is 131 Å². The highest BCUT2D eigenvalue weighted by Gasteiger charge is 2.32. The summed E-state index contributed by atoms with van der Waals surface area (Å²) < 4.78 is 1.94. The first-order chi connectivity index (χ1) is 9.49. The van der Waals surface area contributed by atoms with Crippen LogP contribution in [0.4, 0.5) is 0 Å². The van der Waals surface area contributed by atoms with E-state index in [4.69, 9.17) is 0 Å². The number of aromatic nitrogens is 2. The molecule has 0 amide bonds. The van der Waals surface area contributed by atoms with E-state index < -0.39 is 0 Å². The Hall–Kier alpha value is -0.460. The molecule has 1 atom stereocenters. The maximum Gasteiger partial charge on any atom is 0.262 e. The largest absolute Gasteiger partial charge is 0.290 e. The molecule has 1 aliphatic heterocycles. The summed E-state index contributed by atoms with van der Waals surface area (Å²) in [4.78, 5) is 19.6. The molecule has 6 heteroatoms. The van der Waals surface area contributed by atoms with Crippen LogP contribution in [0.3, 0.4) is 0 Å². The maximum atomic E-state index is 12.6. The van der Waals surface area contributed by atoms with Crippen LogP contribution >= 0.6 is 34.9 Å². The lowest BCUT2D eigenvalue weighted by molar-refractivity contribution is 0.610. The molecule has 0 saturated heterocycles. The van der Waals surface area contributed by atoms with Crippen molar-refractivity contribution in [3.8, 4) is 0 Å². The van der Waals surface area contributed by atoms with Gasteiger partial charge < -0.3 is 0 Å². The minimum atomic E-state index is 0.113. The number of nitrogens with zero attached hydrogens (tertiary/aromatic N) is 2. The highest BCUT2D eigenvalue weighted by atomic mass is 32.2. The third kappa shape index (κ3) is 2.12. The molecule has 0 aliphatic carbocycles. The monoisotopic (exact) mass is 326 g/mol. The molecule has 1 unspecified atom stereocenters. The van der Waals surface area contributed by atoms with Gasteiger partial charge in [0, 0.05) is 22.4 Å². The molecule has 3 nitrogen and oxygen atoms in total. The third-order valence-corrected chi connectivity index (χ3v) is 7.71. The lowest BCUT2D eigenvalue weighted by Gasteiger charge is -2.31. The van der Waals surface area contributed by atoms with Crippen molar-refractivity contribution in [2.75, 3.05) is 6.26 Å². The van der Waals surface area contributed by atoms with Gasteiger partial charge in [0.1, 0.15) is 4.83 Å². The molecule has 0 saturated carbocycles. The molecule has 1 aliphatic rings. The Morgan fingerprint density at radius 1 is 1.50 bits per heavy atom. The van der Waals surface area contributed by atoms with E-state index in [1.54, 1.807) is 15.9 Å². The van der Waals surface area contributed by atoms with Crippen LogP contribution in [0.15, 0.2) is 9.95 Å². The summed E-state index contributed by atoms with van der Waals surface area (Å²) >= 11 is 5.24. The highest BCUT2D eigenvalue weighted by Crippen LogP contribution is 2.45. The zero-order valence-corrected chi connectivity index (χ0v) is 14.6. The van der Waals surface area contributed by atoms with E-state index in [-0.39, 0.29) is 10.3 Å². The van der Waals surface area contributed by atoms with Gasteiger partial charge in [0.25, 0.3) is 5.56 Å². The second-order valence-electron chi connectivity index (χ2n) is 5.42. The van der Waals surface area contributed by atoms with Gasteiger partial charge in [0.15, 0.2) is 5.16 Å². The van der Waals surface area contributed by atoms with Crippen LogP contribution in [0.1, 0.15) is 30.7 Å². The van der Waals surface area contributed by atoms with Gasteiger partial charge in [-0.1, -0.05) is 25.6 Å². The van der Waals surface area contributed by atoms with Crippen molar-refractivity contribution in [2.45, 2.75) is 42.3 Å². The fourth-order valence-corrected chi connectivity index (χ4v) is 5.68. The average molecular weight is 327 g/mol. The summed E-state index contributed by atoms with van der Waals surface area (Å²) in [5.41, 5.74) is 1.37. The summed E-state index contributed by atoms with van der Waals surface area (Å²) in [5.74, 6) is 1.01. The van der Waals surface area contributed by atoms with Crippen molar-refractivity contribution >= 4 is 45.1 Å². The first-order valence-electron chi connectivity index (χ1n) is 6.68. The van der Waals surface area contributed by atoms with Crippen LogP contribution in [0, 0.1) is 0 Å². The summed E-state index contributed by atoms with van der Waals surface area (Å²) in [5, 5.41) is 1.66. The van der Waals surface area contributed by atoms with Gasteiger partial charge in [0.05, 0.1) is 5.39 Å². The van der Waals surface area contributed by atoms with Crippen LogP contribution < -0.4 is 5.56 Å². The van der Waals surface area contributed by atoms with Gasteiger partial charge in [-0.25, -0.2) is 4.98 Å². The number of fused-ring (bicyclic) bond motifs is 3. The van der Waals surface area contributed by atoms with E-state index in [0.717, 1.165) is 34.0 Å². The number of rotatable bonds is 2. The van der Waals surface area contributed by atoms with Crippen LogP contribution in [0.5, 0.6) is 0 Å². The lowest BCUT2D eigenvalue weighted by Crippen LogP contribution is -2.27. The number of thiophene rings is 1. The summed E-state index contributed by atoms with van der Waals surface area (Å²) in [6.07, 6.45) is 4.08. The van der Waals surface area contributed by atoms with Gasteiger partial charge in [0.2, 0.25) is 0 Å². The molecule has 0 fully saturated rings. The molecule has 0 N–H and O–H groups in total. The molecular weight excluding hydrogens is 308 g/mol. The Kier molecular flexibility index (Phi) is 3.67. The van der Waals surface area contributed by atoms with Gasteiger partial charge in [-0.15, -0.1) is 23.1 Å². The minimum absolute atomic E-state index is 0.113. The van der Waals surface area contributed by atoms with Crippen molar-refractivity contribution in [3.05, 3.63) is 20.8 Å². The summed E-state index contributed by atoms with van der Waals surface area (Å²) in [6.45, 7) is 4.53. The van der Waals surface area contributed by atoms with Crippen LogP contribution in [-0.4, -0.2) is 20.6 Å². The van der Waals surface area contributed by atoms with Crippen molar-refractivity contribution in [1.29, 1.82) is 0 Å². The van der Waals surface area contributed by atoms with Crippen molar-refractivity contribution in [1.82, 2.24) is 9.55 Å². The zero-order valence-electron chi connectivity index (χ0n) is 12.1. The van der Waals surface area contributed by atoms with Crippen molar-refractivity contribution < 1.29 is 0 Å². The zero-order chi connectivity index (χ0) is 14.5. The predicted molar refractivity (Wildman–Crippen MR) is 90.3 cm³/mol. The van der Waals surface area contributed by atoms with Gasteiger partial charge in [-0.05, 0) is 24.7 Å². The molecule has 0 radical (unpaired) electrons. The molecular formula is C14H18N2OS3. The topological polar surface area (TPSA) is 34.9 Å². The van der Waals surface area contributed by atoms with Crippen molar-refractivity contribution in [2.24, 2.45) is 7.05 Å². The molecule has 2 aromatic rings. The first kappa shape index (κ1) is 14.5. The van der Waals surface area contributed by atoms with E-state index in [1.165, 1.54) is 22.2 Å². The lowest BCUT2D eigenvalue weighted by atomic mass is 9.96. The van der Waals surface area contributed by atoms with E-state index in [2.05, 4.69) is 18.8 Å². The van der Waals surface area contributed by atoms with E-state index >= 15 is 0 Å². The summed E-state index contributed by atoms with van der Waals surface area (Å²) in [7, 11) is 1.82. The molecule has 0 aromatic carbocycles. The SMILES string of the molecule is CCC1(C)Cc2c(sc3nc(SC)n(C)c(=O)c23)CS1. The molecule has 3 rings (SSSR count). The predicted octanol–water partition coefficient (Wildman–Crippen LogP) is 3.67. The molecule has 20 heavy (non-hydrogen) atoms. The van der Waals surface area contributed by atoms with Crippen LogP contribution in [-0.2, 0) is 19.2 Å². The van der Waals surface area contributed by atoms with Gasteiger partial charge in [-0.2, -0.15) is 0 Å². The number of thioether (sulfide) groups is 2. The maximum absolute atomic E-state index is 12.6. The Balaban J connectivity index is 2.27. The number of hydrogen-bond donors (Lipinski definition) is 0. The van der Waals surface area contributed by atoms with Gasteiger partial charge >= 0.3 is 0 Å². The molecule has 108 valence electrons. The molecule has 0 bridgehead atoms. The second kappa shape index (κ2) is 5.07. The normalized spacial score (nSPS) is 22.2. The smallest absolute Gasteiger partial charge is 0.262 e.